The van der Waals surface area contributed by atoms with Gasteiger partial charge in [0, 0.05) is 0 Å². The van der Waals surface area contributed by atoms with Crippen molar-refractivity contribution in [1.82, 2.24) is 0 Å². The molecule has 1 saturated heterocycles. The van der Waals surface area contributed by atoms with E-state index in [1.807, 2.05) is 0 Å². The zero-order chi connectivity index (χ0) is 9.38. The molecule has 0 aromatic rings. The average molecular weight is 192 g/mol. The molecule has 0 N–H and O–H groups in total. The number of allylic oxidation sites excluding steroid dienone is 1. The Morgan fingerprint density at radius 1 is 1.14 bits per heavy atom. The average Bonchev–Trinajstić information content (AvgIpc) is 2.97. The molecule has 2 aliphatic carbocycles. The standard InChI is InChI=1S/C13H20O/c1-2-4-10(5-3-1)8-11-6-7-12-13(9-11)14-12/h9-10,12-13H,1-8H2. The van der Waals surface area contributed by atoms with Crippen molar-refractivity contribution in [1.29, 1.82) is 0 Å². The Kier molecular flexibility index (Phi) is 2.36. The summed E-state index contributed by atoms with van der Waals surface area (Å²) >= 11 is 0. The van der Waals surface area contributed by atoms with Gasteiger partial charge in [-0.1, -0.05) is 43.8 Å². The molecule has 0 aromatic carbocycles. The van der Waals surface area contributed by atoms with Gasteiger partial charge in [-0.3, -0.25) is 0 Å². The molecule has 0 bridgehead atoms. The van der Waals surface area contributed by atoms with Gasteiger partial charge >= 0.3 is 0 Å². The summed E-state index contributed by atoms with van der Waals surface area (Å²) < 4.78 is 5.52. The quantitative estimate of drug-likeness (QED) is 0.482. The summed E-state index contributed by atoms with van der Waals surface area (Å²) in [4.78, 5) is 0. The third-order valence-corrected chi connectivity index (χ3v) is 4.05. The fourth-order valence-electron chi connectivity index (χ4n) is 3.11. The molecule has 3 aliphatic rings. The van der Waals surface area contributed by atoms with Crippen molar-refractivity contribution >= 4 is 0 Å². The fraction of sp³-hybridized carbons (Fsp3) is 0.846. The minimum Gasteiger partial charge on any atom is -0.365 e. The second kappa shape index (κ2) is 3.69. The van der Waals surface area contributed by atoms with Crippen molar-refractivity contribution in [3.05, 3.63) is 11.6 Å². The predicted molar refractivity (Wildman–Crippen MR) is 57.2 cm³/mol. The zero-order valence-corrected chi connectivity index (χ0v) is 8.87. The number of fused-ring (bicyclic) bond motifs is 1. The molecule has 1 heteroatoms. The molecule has 0 spiro atoms. The topological polar surface area (TPSA) is 12.5 Å². The Morgan fingerprint density at radius 3 is 2.79 bits per heavy atom. The summed E-state index contributed by atoms with van der Waals surface area (Å²) in [6.45, 7) is 0. The van der Waals surface area contributed by atoms with Crippen LogP contribution >= 0.6 is 0 Å². The van der Waals surface area contributed by atoms with Crippen LogP contribution in [0.5, 0.6) is 0 Å². The first-order valence-electron chi connectivity index (χ1n) is 6.27. The Bertz CT molecular complexity index is 238. The van der Waals surface area contributed by atoms with E-state index in [0.717, 1.165) is 5.92 Å². The van der Waals surface area contributed by atoms with E-state index in [-0.39, 0.29) is 0 Å². The molecule has 0 amide bonds. The second-order valence-corrected chi connectivity index (χ2v) is 5.21. The molecule has 1 aliphatic heterocycles. The highest BCUT2D eigenvalue weighted by Gasteiger charge is 2.39. The van der Waals surface area contributed by atoms with Crippen molar-refractivity contribution in [3.63, 3.8) is 0 Å². The van der Waals surface area contributed by atoms with E-state index in [1.54, 1.807) is 5.57 Å². The van der Waals surface area contributed by atoms with E-state index in [9.17, 15) is 0 Å². The molecule has 78 valence electrons. The van der Waals surface area contributed by atoms with Crippen molar-refractivity contribution in [2.75, 3.05) is 0 Å². The van der Waals surface area contributed by atoms with Gasteiger partial charge < -0.3 is 4.74 Å². The SMILES string of the molecule is C1=C(CC2CCCCC2)CCC2OC12. The number of hydrogen-bond acceptors (Lipinski definition) is 1. The van der Waals surface area contributed by atoms with Gasteiger partial charge in [-0.25, -0.2) is 0 Å². The first-order valence-corrected chi connectivity index (χ1v) is 6.27. The van der Waals surface area contributed by atoms with Crippen LogP contribution in [0.4, 0.5) is 0 Å². The van der Waals surface area contributed by atoms with E-state index >= 15 is 0 Å². The third-order valence-electron chi connectivity index (χ3n) is 4.05. The summed E-state index contributed by atoms with van der Waals surface area (Å²) in [5, 5.41) is 0. The summed E-state index contributed by atoms with van der Waals surface area (Å²) in [7, 11) is 0. The van der Waals surface area contributed by atoms with Crippen LogP contribution in [0.15, 0.2) is 11.6 Å². The second-order valence-electron chi connectivity index (χ2n) is 5.21. The Labute approximate surface area is 86.5 Å². The summed E-state index contributed by atoms with van der Waals surface area (Å²) in [6.07, 6.45) is 14.9. The normalized spacial score (nSPS) is 37.6. The predicted octanol–water partition coefficient (Wildman–Crippen LogP) is 3.44. The number of ether oxygens (including phenoxy) is 1. The lowest BCUT2D eigenvalue weighted by atomic mass is 9.82. The van der Waals surface area contributed by atoms with Crippen LogP contribution in [0.1, 0.15) is 51.4 Å². The maximum absolute atomic E-state index is 5.52. The number of rotatable bonds is 2. The van der Waals surface area contributed by atoms with Gasteiger partial charge in [0.25, 0.3) is 0 Å². The largest absolute Gasteiger partial charge is 0.365 e. The van der Waals surface area contributed by atoms with E-state index in [2.05, 4.69) is 6.08 Å². The minimum atomic E-state index is 0.530. The lowest BCUT2D eigenvalue weighted by molar-refractivity contribution is 0.351. The van der Waals surface area contributed by atoms with E-state index in [0.29, 0.717) is 12.2 Å². The smallest absolute Gasteiger partial charge is 0.103 e. The number of hydrogen-bond donors (Lipinski definition) is 0. The van der Waals surface area contributed by atoms with Gasteiger partial charge in [-0.2, -0.15) is 0 Å². The van der Waals surface area contributed by atoms with Gasteiger partial charge in [0.1, 0.15) is 6.10 Å². The highest BCUT2D eigenvalue weighted by atomic mass is 16.6. The maximum atomic E-state index is 5.52. The first-order chi connectivity index (χ1) is 6.92. The third kappa shape index (κ3) is 1.88. The molecule has 3 rings (SSSR count). The molecule has 1 nitrogen and oxygen atoms in total. The van der Waals surface area contributed by atoms with Gasteiger partial charge in [-0.15, -0.1) is 0 Å². The highest BCUT2D eigenvalue weighted by molar-refractivity contribution is 5.17. The van der Waals surface area contributed by atoms with Crippen molar-refractivity contribution in [3.8, 4) is 0 Å². The van der Waals surface area contributed by atoms with Crippen LogP contribution in [0, 0.1) is 5.92 Å². The van der Waals surface area contributed by atoms with Crippen LogP contribution in [-0.2, 0) is 4.74 Å². The summed E-state index contributed by atoms with van der Waals surface area (Å²) in [5.74, 6) is 1.00. The zero-order valence-electron chi connectivity index (χ0n) is 8.87. The minimum absolute atomic E-state index is 0.530. The molecular weight excluding hydrogens is 172 g/mol. The lowest BCUT2D eigenvalue weighted by Crippen LogP contribution is -2.10. The number of epoxide rings is 1. The summed E-state index contributed by atoms with van der Waals surface area (Å²) in [6, 6.07) is 0. The molecule has 0 aromatic heterocycles. The molecule has 2 fully saturated rings. The van der Waals surface area contributed by atoms with Crippen LogP contribution in [0.2, 0.25) is 0 Å². The van der Waals surface area contributed by atoms with Gasteiger partial charge in [0.05, 0.1) is 6.10 Å². The molecular formula is C13H20O. The molecule has 2 atom stereocenters. The van der Waals surface area contributed by atoms with Gasteiger partial charge in [0.15, 0.2) is 0 Å². The molecule has 1 saturated carbocycles. The molecule has 0 radical (unpaired) electrons. The van der Waals surface area contributed by atoms with Crippen LogP contribution < -0.4 is 0 Å². The van der Waals surface area contributed by atoms with Crippen molar-refractivity contribution in [2.45, 2.75) is 63.6 Å². The van der Waals surface area contributed by atoms with Crippen LogP contribution in [0.25, 0.3) is 0 Å². The lowest BCUT2D eigenvalue weighted by Gasteiger charge is -2.23. The summed E-state index contributed by atoms with van der Waals surface area (Å²) in [5.41, 5.74) is 1.70. The Morgan fingerprint density at radius 2 is 2.00 bits per heavy atom. The van der Waals surface area contributed by atoms with Crippen LogP contribution in [-0.4, -0.2) is 12.2 Å². The Hall–Kier alpha value is -0.300. The van der Waals surface area contributed by atoms with Crippen LogP contribution in [0.3, 0.4) is 0 Å². The van der Waals surface area contributed by atoms with E-state index in [1.165, 1.54) is 51.4 Å². The van der Waals surface area contributed by atoms with Gasteiger partial charge in [0.2, 0.25) is 0 Å². The Balaban J connectivity index is 1.55. The molecule has 1 heterocycles. The van der Waals surface area contributed by atoms with E-state index < -0.39 is 0 Å². The maximum Gasteiger partial charge on any atom is 0.103 e. The monoisotopic (exact) mass is 192 g/mol. The van der Waals surface area contributed by atoms with Gasteiger partial charge in [-0.05, 0) is 25.2 Å². The molecule has 14 heavy (non-hydrogen) atoms. The van der Waals surface area contributed by atoms with E-state index in [4.69, 9.17) is 4.74 Å². The van der Waals surface area contributed by atoms with Crippen molar-refractivity contribution in [2.24, 2.45) is 5.92 Å². The highest BCUT2D eigenvalue weighted by Crippen LogP contribution is 2.38. The first kappa shape index (κ1) is 8.96. The molecule has 2 unspecified atom stereocenters. The van der Waals surface area contributed by atoms with Crippen molar-refractivity contribution < 1.29 is 4.74 Å². The fourth-order valence-corrected chi connectivity index (χ4v) is 3.11.